The number of hydrogen-bond acceptors (Lipinski definition) is 6. The maximum atomic E-state index is 7.95. The SMILES string of the molecule is [2H][Si](C)([B][3H])OCC1OC(C)CC1OP(=S)(S)OCC1CC(C)CC1O[3H]. The molecular formula is C14H29BO5PS2Si. The van der Waals surface area contributed by atoms with Crippen molar-refractivity contribution >= 4 is 46.0 Å². The summed E-state index contributed by atoms with van der Waals surface area (Å²) in [4.78, 5) is 0. The standard InChI is InChI=1S/C14H29BO5PS2Si/c1-9-4-11(12(16)5-9)7-17-21(22,23)20-13-6-10(2)19-14(13)8-18-24(3)15/h9-16,24H,4-8H2,1-3H3,(H,22,23)/i15T,16T,24D. The fourth-order valence-corrected chi connectivity index (χ4v) is 5.82. The monoisotopic (exact) mass is 416 g/mol. The highest BCUT2D eigenvalue weighted by atomic mass is 32.9. The van der Waals surface area contributed by atoms with Crippen LogP contribution < -0.4 is 0 Å². The molecule has 2 fully saturated rings. The van der Waals surface area contributed by atoms with Crippen molar-refractivity contribution in [1.29, 1.82) is 4.00 Å². The van der Waals surface area contributed by atoms with Gasteiger partial charge in [0.05, 0.1) is 31.5 Å². The summed E-state index contributed by atoms with van der Waals surface area (Å²) in [5.74, 6) is 0.617. The van der Waals surface area contributed by atoms with E-state index in [1.807, 2.05) is 6.92 Å². The lowest BCUT2D eigenvalue weighted by atomic mass is 10.1. The van der Waals surface area contributed by atoms with E-state index in [-0.39, 0.29) is 36.9 Å². The highest BCUT2D eigenvalue weighted by Crippen LogP contribution is 2.56. The number of hydrogen-bond donors (Lipinski definition) is 2. The van der Waals surface area contributed by atoms with Crippen molar-refractivity contribution in [1.82, 2.24) is 0 Å². The molecule has 0 aromatic rings. The summed E-state index contributed by atoms with van der Waals surface area (Å²) < 4.78 is 45.7. The number of thiol groups is 1. The van der Waals surface area contributed by atoms with E-state index in [4.69, 9.17) is 39.1 Å². The van der Waals surface area contributed by atoms with Crippen LogP contribution in [0.5, 0.6) is 0 Å². The van der Waals surface area contributed by atoms with Gasteiger partial charge < -0.3 is 23.3 Å². The summed E-state index contributed by atoms with van der Waals surface area (Å²) >= 11 is 9.94. The van der Waals surface area contributed by atoms with Gasteiger partial charge in [-0.15, -0.1) is 0 Å². The molecule has 0 aromatic heterocycles. The van der Waals surface area contributed by atoms with Gasteiger partial charge in [-0.05, 0) is 38.8 Å². The molecule has 8 unspecified atom stereocenters. The van der Waals surface area contributed by atoms with Gasteiger partial charge in [0, 0.05) is 13.6 Å². The second-order valence-electron chi connectivity index (χ2n) is 6.93. The van der Waals surface area contributed by atoms with Crippen molar-refractivity contribution < 1.29 is 23.3 Å². The van der Waals surface area contributed by atoms with Gasteiger partial charge in [-0.2, -0.15) is 0 Å². The fraction of sp³-hybridized carbons (Fsp3) is 1.00. The third-order valence-electron chi connectivity index (χ3n) is 4.45. The molecule has 8 atom stereocenters. The molecule has 0 aromatic carbocycles. The zero-order valence-electron chi connectivity index (χ0n) is 17.4. The van der Waals surface area contributed by atoms with Crippen LogP contribution in [-0.4, -0.2) is 63.0 Å². The maximum Gasteiger partial charge on any atom is 0.244 e. The Morgan fingerprint density at radius 2 is 2.33 bits per heavy atom. The van der Waals surface area contributed by atoms with Crippen molar-refractivity contribution in [3.8, 4) is 0 Å². The molecule has 1 heterocycles. The minimum absolute atomic E-state index is 0.0117. The number of aliphatic hydroxyl groups excluding tert-OH is 1. The summed E-state index contributed by atoms with van der Waals surface area (Å²) in [7, 11) is -1.78. The molecule has 1 saturated heterocycles. The van der Waals surface area contributed by atoms with Crippen molar-refractivity contribution in [3.05, 3.63) is 0 Å². The lowest BCUT2D eigenvalue weighted by molar-refractivity contribution is -0.00493. The smallest absolute Gasteiger partial charge is 0.244 e. The van der Waals surface area contributed by atoms with Gasteiger partial charge >= 0.3 is 0 Å². The Hall–Kier alpha value is 1.08. The number of ether oxygens (including phenoxy) is 1. The van der Waals surface area contributed by atoms with Crippen molar-refractivity contribution in [2.75, 3.05) is 13.2 Å². The molecule has 0 amide bonds. The van der Waals surface area contributed by atoms with E-state index in [2.05, 4.69) is 19.2 Å². The molecule has 1 aliphatic heterocycles. The molecule has 1 aliphatic carbocycles. The summed E-state index contributed by atoms with van der Waals surface area (Å²) in [5, 5.41) is 4.81. The predicted molar refractivity (Wildman–Crippen MR) is 107 cm³/mol. The molecule has 10 heteroatoms. The average molecular weight is 416 g/mol. The lowest BCUT2D eigenvalue weighted by Crippen LogP contribution is -2.31. The highest BCUT2D eigenvalue weighted by molar-refractivity contribution is 8.60. The lowest BCUT2D eigenvalue weighted by Gasteiger charge is -2.26. The van der Waals surface area contributed by atoms with E-state index < -0.39 is 14.5 Å². The Labute approximate surface area is 162 Å². The molecule has 0 spiro atoms. The van der Waals surface area contributed by atoms with Crippen molar-refractivity contribution in [3.63, 3.8) is 0 Å². The third-order valence-corrected chi connectivity index (χ3v) is 7.29. The highest BCUT2D eigenvalue weighted by Gasteiger charge is 2.38. The van der Waals surface area contributed by atoms with E-state index in [0.717, 1.165) is 20.2 Å². The molecule has 2 rings (SSSR count). The van der Waals surface area contributed by atoms with Crippen LogP contribution >= 0.6 is 17.9 Å². The van der Waals surface area contributed by atoms with Crippen LogP contribution in [0, 0.1) is 11.8 Å². The molecule has 1 saturated carbocycles. The Bertz CT molecular complexity index is 541. The van der Waals surface area contributed by atoms with E-state index in [0.29, 0.717) is 18.9 Å². The zero-order valence-corrected chi connectivity index (χ0v) is 18.0. The predicted octanol–water partition coefficient (Wildman–Crippen LogP) is 1.89. The Kier molecular flexibility index (Phi) is 6.69. The minimum Gasteiger partial charge on any atom is -0.427 e. The van der Waals surface area contributed by atoms with E-state index in [9.17, 15) is 0 Å². The molecule has 2 aliphatic rings. The first kappa shape index (κ1) is 17.2. The van der Waals surface area contributed by atoms with E-state index >= 15 is 0 Å². The zero-order chi connectivity index (χ0) is 20.2. The first-order chi connectivity index (χ1) is 12.5. The third kappa shape index (κ3) is 6.67. The topological polar surface area (TPSA) is 57.2 Å². The van der Waals surface area contributed by atoms with Gasteiger partial charge in [0.25, 0.3) is 0 Å². The number of aliphatic hydroxyl groups is 1. The summed E-state index contributed by atoms with van der Waals surface area (Å²) in [6.45, 7) is 6.27. The Morgan fingerprint density at radius 3 is 3.04 bits per heavy atom. The molecular weight excluding hydrogens is 382 g/mol. The van der Waals surface area contributed by atoms with Gasteiger partial charge in [-0.25, -0.2) is 0 Å². The quantitative estimate of drug-likeness (QED) is 0.322. The molecule has 1 radical (unpaired) electrons. The molecule has 1 N–H and O–H groups in total. The molecule has 139 valence electrons. The van der Waals surface area contributed by atoms with Gasteiger partial charge in [0.15, 0.2) is 0 Å². The van der Waals surface area contributed by atoms with E-state index in [1.165, 1.54) is 0 Å². The van der Waals surface area contributed by atoms with Crippen LogP contribution in [0.15, 0.2) is 0 Å². The normalized spacial score (nSPS) is 43.4. The second kappa shape index (κ2) is 9.33. The second-order valence-corrected chi connectivity index (χ2v) is 13.7. The van der Waals surface area contributed by atoms with Crippen LogP contribution in [0.3, 0.4) is 0 Å². The van der Waals surface area contributed by atoms with Crippen molar-refractivity contribution in [2.45, 2.75) is 64.1 Å². The first-order valence-corrected chi connectivity index (χ1v) is 14.1. The van der Waals surface area contributed by atoms with E-state index in [1.54, 1.807) is 6.55 Å². The molecule has 5 nitrogen and oxygen atoms in total. The van der Waals surface area contributed by atoms with Gasteiger partial charge in [-0.1, -0.05) is 25.7 Å². The fourth-order valence-electron chi connectivity index (χ4n) is 3.31. The van der Waals surface area contributed by atoms with Gasteiger partial charge in [0.2, 0.25) is 7.12 Å². The van der Waals surface area contributed by atoms with Crippen LogP contribution in [0.4, 0.5) is 0 Å². The van der Waals surface area contributed by atoms with Crippen molar-refractivity contribution in [2.24, 2.45) is 11.8 Å². The summed E-state index contributed by atoms with van der Waals surface area (Å²) in [5.41, 5.74) is -2.79. The Morgan fingerprint density at radius 1 is 1.54 bits per heavy atom. The van der Waals surface area contributed by atoms with Crippen LogP contribution in [0.1, 0.15) is 33.1 Å². The largest absolute Gasteiger partial charge is 0.427 e. The maximum absolute atomic E-state index is 7.95. The molecule has 24 heavy (non-hydrogen) atoms. The van der Waals surface area contributed by atoms with Crippen LogP contribution in [-0.2, 0) is 30.0 Å². The van der Waals surface area contributed by atoms with Gasteiger partial charge in [0.1, 0.15) is 22.3 Å². The van der Waals surface area contributed by atoms with Crippen LogP contribution in [0.25, 0.3) is 0 Å². The van der Waals surface area contributed by atoms with Crippen LogP contribution in [0.2, 0.25) is 6.55 Å². The minimum atomic E-state index is -2.85. The first-order valence-electron chi connectivity index (χ1n) is 9.83. The summed E-state index contributed by atoms with van der Waals surface area (Å²) in [6.07, 6.45) is 1.61. The number of rotatable bonds is 10. The molecule has 0 bridgehead atoms. The van der Waals surface area contributed by atoms with Gasteiger partial charge in [-0.3, -0.25) is 0 Å². The average Bonchev–Trinajstić information content (AvgIpc) is 3.12. The Balaban J connectivity index is 1.87. The summed E-state index contributed by atoms with van der Waals surface area (Å²) in [6, 6.07) is 0.